The minimum absolute atomic E-state index is 0.226. The monoisotopic (exact) mass is 328 g/mol. The fourth-order valence-electron chi connectivity index (χ4n) is 1.41. The standard InChI is InChI=1S/C14H17BrO4/c1-3-7-18-13(16)11-6-5-10(15)9-12(11)14(17)19-8-4-2/h5-6,9H,3-4,7-8H2,1-2H3. The van der Waals surface area contributed by atoms with Gasteiger partial charge in [-0.25, -0.2) is 9.59 Å². The maximum Gasteiger partial charge on any atom is 0.339 e. The second kappa shape index (κ2) is 7.94. The number of hydrogen-bond donors (Lipinski definition) is 0. The molecule has 19 heavy (non-hydrogen) atoms. The van der Waals surface area contributed by atoms with Crippen molar-refractivity contribution in [3.05, 3.63) is 33.8 Å². The molecule has 0 N–H and O–H groups in total. The molecule has 0 aliphatic heterocycles. The van der Waals surface area contributed by atoms with Gasteiger partial charge in [-0.2, -0.15) is 0 Å². The third-order valence-electron chi connectivity index (χ3n) is 2.30. The molecule has 0 aliphatic carbocycles. The minimum Gasteiger partial charge on any atom is -0.462 e. The lowest BCUT2D eigenvalue weighted by molar-refractivity contribution is 0.0458. The molecule has 0 saturated heterocycles. The summed E-state index contributed by atoms with van der Waals surface area (Å²) in [6, 6.07) is 4.82. The first-order valence-electron chi connectivity index (χ1n) is 6.24. The Morgan fingerprint density at radius 2 is 1.53 bits per heavy atom. The van der Waals surface area contributed by atoms with E-state index < -0.39 is 11.9 Å². The van der Waals surface area contributed by atoms with Gasteiger partial charge in [-0.1, -0.05) is 29.8 Å². The van der Waals surface area contributed by atoms with Crippen molar-refractivity contribution in [1.29, 1.82) is 0 Å². The number of ether oxygens (including phenoxy) is 2. The maximum absolute atomic E-state index is 11.9. The first-order chi connectivity index (χ1) is 9.10. The molecule has 0 saturated carbocycles. The molecule has 1 aromatic rings. The van der Waals surface area contributed by atoms with Gasteiger partial charge < -0.3 is 9.47 Å². The van der Waals surface area contributed by atoms with Crippen LogP contribution in [0.1, 0.15) is 47.4 Å². The fraction of sp³-hybridized carbons (Fsp3) is 0.429. The van der Waals surface area contributed by atoms with Crippen molar-refractivity contribution in [2.45, 2.75) is 26.7 Å². The number of carbonyl (C=O) groups excluding carboxylic acids is 2. The summed E-state index contributed by atoms with van der Waals surface area (Å²) >= 11 is 3.27. The summed E-state index contributed by atoms with van der Waals surface area (Å²) in [5, 5.41) is 0. The van der Waals surface area contributed by atoms with Crippen molar-refractivity contribution >= 4 is 27.9 Å². The molecule has 0 amide bonds. The van der Waals surface area contributed by atoms with E-state index in [2.05, 4.69) is 15.9 Å². The summed E-state index contributed by atoms with van der Waals surface area (Å²) in [5.74, 6) is -1.01. The summed E-state index contributed by atoms with van der Waals surface area (Å²) < 4.78 is 10.8. The Morgan fingerprint density at radius 3 is 2.05 bits per heavy atom. The molecule has 0 bridgehead atoms. The third kappa shape index (κ3) is 4.67. The van der Waals surface area contributed by atoms with E-state index in [1.807, 2.05) is 13.8 Å². The van der Waals surface area contributed by atoms with Gasteiger partial charge in [0.2, 0.25) is 0 Å². The summed E-state index contributed by atoms with van der Waals surface area (Å²) in [6.07, 6.45) is 1.47. The van der Waals surface area contributed by atoms with Gasteiger partial charge in [-0.15, -0.1) is 0 Å². The molecule has 5 heteroatoms. The lowest BCUT2D eigenvalue weighted by Gasteiger charge is -2.09. The molecule has 1 rings (SSSR count). The highest BCUT2D eigenvalue weighted by Gasteiger charge is 2.19. The molecule has 0 atom stereocenters. The molecule has 0 fully saturated rings. The van der Waals surface area contributed by atoms with Gasteiger partial charge in [0.25, 0.3) is 0 Å². The predicted octanol–water partition coefficient (Wildman–Crippen LogP) is 3.58. The van der Waals surface area contributed by atoms with E-state index in [0.717, 1.165) is 12.8 Å². The normalized spacial score (nSPS) is 10.1. The zero-order chi connectivity index (χ0) is 14.3. The number of hydrogen-bond acceptors (Lipinski definition) is 4. The number of benzene rings is 1. The second-order valence-electron chi connectivity index (χ2n) is 3.96. The summed E-state index contributed by atoms with van der Waals surface area (Å²) in [6.45, 7) is 4.48. The van der Waals surface area contributed by atoms with Crippen molar-refractivity contribution in [1.82, 2.24) is 0 Å². The summed E-state index contributed by atoms with van der Waals surface area (Å²) in [4.78, 5) is 23.8. The molecule has 4 nitrogen and oxygen atoms in total. The Kier molecular flexibility index (Phi) is 6.56. The van der Waals surface area contributed by atoms with E-state index in [4.69, 9.17) is 9.47 Å². The number of carbonyl (C=O) groups is 2. The molecular formula is C14H17BrO4. The van der Waals surface area contributed by atoms with Crippen LogP contribution in [0.2, 0.25) is 0 Å². The van der Waals surface area contributed by atoms with Gasteiger partial charge in [0.05, 0.1) is 24.3 Å². The summed E-state index contributed by atoms with van der Waals surface area (Å²) in [7, 11) is 0. The Bertz CT molecular complexity index is 457. The van der Waals surface area contributed by atoms with Gasteiger partial charge >= 0.3 is 11.9 Å². The topological polar surface area (TPSA) is 52.6 Å². The van der Waals surface area contributed by atoms with Crippen LogP contribution in [0, 0.1) is 0 Å². The van der Waals surface area contributed by atoms with E-state index in [1.165, 1.54) is 0 Å². The smallest absolute Gasteiger partial charge is 0.339 e. The third-order valence-corrected chi connectivity index (χ3v) is 2.79. The van der Waals surface area contributed by atoms with E-state index in [9.17, 15) is 9.59 Å². The molecule has 104 valence electrons. The number of rotatable bonds is 6. The van der Waals surface area contributed by atoms with E-state index in [1.54, 1.807) is 18.2 Å². The molecule has 1 aromatic carbocycles. The first-order valence-corrected chi connectivity index (χ1v) is 7.03. The van der Waals surface area contributed by atoms with Crippen LogP contribution in [0.25, 0.3) is 0 Å². The Morgan fingerprint density at radius 1 is 1.00 bits per heavy atom. The predicted molar refractivity (Wildman–Crippen MR) is 75.3 cm³/mol. The van der Waals surface area contributed by atoms with Crippen LogP contribution >= 0.6 is 15.9 Å². The van der Waals surface area contributed by atoms with Gasteiger partial charge in [0.1, 0.15) is 0 Å². The van der Waals surface area contributed by atoms with Crippen LogP contribution in [0.3, 0.4) is 0 Å². The highest BCUT2D eigenvalue weighted by atomic mass is 79.9. The molecule has 0 unspecified atom stereocenters. The van der Waals surface area contributed by atoms with Crippen LogP contribution < -0.4 is 0 Å². The van der Waals surface area contributed by atoms with Crippen molar-refractivity contribution < 1.29 is 19.1 Å². The minimum atomic E-state index is -0.508. The maximum atomic E-state index is 11.9. The average Bonchev–Trinajstić information content (AvgIpc) is 2.41. The molecule has 0 heterocycles. The Labute approximate surface area is 121 Å². The van der Waals surface area contributed by atoms with E-state index in [0.29, 0.717) is 17.7 Å². The Hall–Kier alpha value is -1.36. The molecular weight excluding hydrogens is 312 g/mol. The highest BCUT2D eigenvalue weighted by Crippen LogP contribution is 2.19. The fourth-order valence-corrected chi connectivity index (χ4v) is 1.77. The van der Waals surface area contributed by atoms with Crippen molar-refractivity contribution in [2.75, 3.05) is 13.2 Å². The van der Waals surface area contributed by atoms with Gasteiger partial charge in [0.15, 0.2) is 0 Å². The van der Waals surface area contributed by atoms with E-state index in [-0.39, 0.29) is 11.1 Å². The molecule has 0 spiro atoms. The zero-order valence-electron chi connectivity index (χ0n) is 11.1. The quantitative estimate of drug-likeness (QED) is 0.749. The number of halogens is 1. The van der Waals surface area contributed by atoms with Crippen molar-refractivity contribution in [2.24, 2.45) is 0 Å². The van der Waals surface area contributed by atoms with Crippen molar-refractivity contribution in [3.8, 4) is 0 Å². The molecule has 0 aliphatic rings. The Balaban J connectivity index is 2.97. The highest BCUT2D eigenvalue weighted by molar-refractivity contribution is 9.10. The number of esters is 2. The van der Waals surface area contributed by atoms with Crippen LogP contribution in [0.15, 0.2) is 22.7 Å². The first kappa shape index (κ1) is 15.7. The van der Waals surface area contributed by atoms with Crippen LogP contribution in [0.5, 0.6) is 0 Å². The largest absolute Gasteiger partial charge is 0.462 e. The van der Waals surface area contributed by atoms with Gasteiger partial charge in [-0.05, 0) is 31.0 Å². The molecule has 0 radical (unpaired) electrons. The average molecular weight is 329 g/mol. The zero-order valence-corrected chi connectivity index (χ0v) is 12.7. The lowest BCUT2D eigenvalue weighted by Crippen LogP contribution is -2.14. The second-order valence-corrected chi connectivity index (χ2v) is 4.88. The van der Waals surface area contributed by atoms with E-state index >= 15 is 0 Å². The van der Waals surface area contributed by atoms with Gasteiger partial charge in [-0.3, -0.25) is 0 Å². The van der Waals surface area contributed by atoms with Crippen LogP contribution in [-0.4, -0.2) is 25.2 Å². The van der Waals surface area contributed by atoms with Crippen molar-refractivity contribution in [3.63, 3.8) is 0 Å². The molecule has 0 aromatic heterocycles. The lowest BCUT2D eigenvalue weighted by atomic mass is 10.1. The SMILES string of the molecule is CCCOC(=O)c1ccc(Br)cc1C(=O)OCCC. The van der Waals surface area contributed by atoms with Crippen LogP contribution in [0.4, 0.5) is 0 Å². The van der Waals surface area contributed by atoms with Gasteiger partial charge in [0, 0.05) is 4.47 Å². The van der Waals surface area contributed by atoms with Crippen LogP contribution in [-0.2, 0) is 9.47 Å². The summed E-state index contributed by atoms with van der Waals surface area (Å²) in [5.41, 5.74) is 0.460.